The second-order valence-corrected chi connectivity index (χ2v) is 8.49. The van der Waals surface area contributed by atoms with Gasteiger partial charge >= 0.3 is 12.1 Å². The van der Waals surface area contributed by atoms with Crippen molar-refractivity contribution in [1.29, 1.82) is 0 Å². The summed E-state index contributed by atoms with van der Waals surface area (Å²) in [5.74, 6) is -1.88. The number of carbonyl (C=O) groups excluding carboxylic acids is 2. The van der Waals surface area contributed by atoms with Crippen molar-refractivity contribution in [3.05, 3.63) is 59.7 Å². The normalized spacial score (nSPS) is 16.6. The number of fused-ring (bicyclic) bond motifs is 3. The highest BCUT2D eigenvalue weighted by molar-refractivity contribution is 5.89. The van der Waals surface area contributed by atoms with Crippen molar-refractivity contribution in [2.24, 2.45) is 5.92 Å². The van der Waals surface area contributed by atoms with E-state index in [1.54, 1.807) is 0 Å². The number of hydrogen-bond acceptors (Lipinski definition) is 5. The molecule has 0 heterocycles. The van der Waals surface area contributed by atoms with Crippen molar-refractivity contribution in [2.75, 3.05) is 20.3 Å². The Labute approximate surface area is 192 Å². The molecule has 8 nitrogen and oxygen atoms in total. The molecule has 174 valence electrons. The molecule has 1 fully saturated rings. The van der Waals surface area contributed by atoms with E-state index >= 15 is 0 Å². The van der Waals surface area contributed by atoms with Crippen LogP contribution in [0.5, 0.6) is 0 Å². The predicted molar refractivity (Wildman–Crippen MR) is 121 cm³/mol. The number of carboxylic acid groups (broad SMARTS) is 1. The Kier molecular flexibility index (Phi) is 6.93. The first-order valence-electron chi connectivity index (χ1n) is 11.1. The molecule has 0 spiro atoms. The maximum absolute atomic E-state index is 12.7. The Bertz CT molecular complexity index is 990. The molecule has 33 heavy (non-hydrogen) atoms. The molecule has 2 unspecified atom stereocenters. The summed E-state index contributed by atoms with van der Waals surface area (Å²) in [5.41, 5.74) is 4.41. The predicted octanol–water partition coefficient (Wildman–Crippen LogP) is 2.91. The average molecular weight is 453 g/mol. The van der Waals surface area contributed by atoms with Crippen molar-refractivity contribution >= 4 is 18.0 Å². The third-order valence-electron chi connectivity index (χ3n) is 6.47. The lowest BCUT2D eigenvalue weighted by Gasteiger charge is -2.32. The molecule has 8 heteroatoms. The summed E-state index contributed by atoms with van der Waals surface area (Å²) in [5, 5.41) is 14.5. The Morgan fingerprint density at radius 2 is 1.61 bits per heavy atom. The van der Waals surface area contributed by atoms with Crippen molar-refractivity contribution in [3.8, 4) is 11.1 Å². The second-order valence-electron chi connectivity index (χ2n) is 8.49. The highest BCUT2D eigenvalue weighted by Gasteiger charge is 2.36. The van der Waals surface area contributed by atoms with Crippen LogP contribution in [0.2, 0.25) is 0 Å². The van der Waals surface area contributed by atoms with E-state index in [9.17, 15) is 19.5 Å². The van der Waals surface area contributed by atoms with E-state index < -0.39 is 30.1 Å². The minimum atomic E-state index is -1.08. The number of rotatable bonds is 9. The van der Waals surface area contributed by atoms with Gasteiger partial charge in [0.15, 0.2) is 0 Å². The lowest BCUT2D eigenvalue weighted by molar-refractivity contribution is -0.145. The first-order chi connectivity index (χ1) is 16.0. The van der Waals surface area contributed by atoms with Gasteiger partial charge in [0.25, 0.3) is 0 Å². The van der Waals surface area contributed by atoms with Crippen LogP contribution >= 0.6 is 0 Å². The largest absolute Gasteiger partial charge is 0.480 e. The van der Waals surface area contributed by atoms with E-state index in [0.29, 0.717) is 0 Å². The zero-order chi connectivity index (χ0) is 23.4. The molecule has 0 bridgehead atoms. The number of nitrogens with one attached hydrogen (secondary N) is 2. The molecule has 0 radical (unpaired) electrons. The van der Waals surface area contributed by atoms with E-state index in [0.717, 1.165) is 41.5 Å². The van der Waals surface area contributed by atoms with Crippen LogP contribution in [-0.2, 0) is 19.1 Å². The standard InChI is InChI=1S/C25H28N2O6/c1-32-14-21(23(28)27-22(24(29)30)15-7-6-8-15)26-25(31)33-13-20-18-11-4-2-9-16(18)17-10-3-5-12-19(17)20/h2-5,9-12,15,20-22H,6-8,13-14H2,1H3,(H,26,31)(H,27,28)(H,29,30). The van der Waals surface area contributed by atoms with Gasteiger partial charge in [-0.05, 0) is 41.0 Å². The van der Waals surface area contributed by atoms with Gasteiger partial charge in [-0.15, -0.1) is 0 Å². The third-order valence-corrected chi connectivity index (χ3v) is 6.47. The highest BCUT2D eigenvalue weighted by Crippen LogP contribution is 2.44. The van der Waals surface area contributed by atoms with E-state index in [-0.39, 0.29) is 25.0 Å². The number of methoxy groups -OCH3 is 1. The van der Waals surface area contributed by atoms with Gasteiger partial charge < -0.3 is 25.2 Å². The fourth-order valence-corrected chi connectivity index (χ4v) is 4.54. The zero-order valence-electron chi connectivity index (χ0n) is 18.5. The highest BCUT2D eigenvalue weighted by atomic mass is 16.5. The van der Waals surface area contributed by atoms with Gasteiger partial charge in [0, 0.05) is 13.0 Å². The molecular weight excluding hydrogens is 424 g/mol. The van der Waals surface area contributed by atoms with Crippen molar-refractivity contribution in [3.63, 3.8) is 0 Å². The maximum atomic E-state index is 12.7. The van der Waals surface area contributed by atoms with Crippen molar-refractivity contribution in [2.45, 2.75) is 37.3 Å². The molecule has 2 aliphatic rings. The molecule has 2 amide bonds. The Balaban J connectivity index is 1.38. The summed E-state index contributed by atoms with van der Waals surface area (Å²) in [4.78, 5) is 36.8. The fraction of sp³-hybridized carbons (Fsp3) is 0.400. The second kappa shape index (κ2) is 10.0. The van der Waals surface area contributed by atoms with Crippen molar-refractivity contribution in [1.82, 2.24) is 10.6 Å². The van der Waals surface area contributed by atoms with E-state index in [1.165, 1.54) is 7.11 Å². The van der Waals surface area contributed by atoms with Crippen LogP contribution < -0.4 is 10.6 Å². The number of benzene rings is 2. The Hall–Kier alpha value is -3.39. The van der Waals surface area contributed by atoms with Gasteiger partial charge in [-0.1, -0.05) is 55.0 Å². The summed E-state index contributed by atoms with van der Waals surface area (Å²) < 4.78 is 10.6. The van der Waals surface area contributed by atoms with Crippen LogP contribution in [-0.4, -0.2) is 55.5 Å². The lowest BCUT2D eigenvalue weighted by atomic mass is 9.79. The summed E-state index contributed by atoms with van der Waals surface area (Å²) in [6.45, 7) is 0.00798. The number of alkyl carbamates (subject to hydrolysis) is 1. The third kappa shape index (κ3) is 4.85. The van der Waals surface area contributed by atoms with Gasteiger partial charge in [0.1, 0.15) is 18.7 Å². The van der Waals surface area contributed by atoms with Crippen molar-refractivity contribution < 1.29 is 29.0 Å². The fourth-order valence-electron chi connectivity index (χ4n) is 4.54. The number of amides is 2. The average Bonchev–Trinajstić information content (AvgIpc) is 3.09. The van der Waals surface area contributed by atoms with Gasteiger partial charge in [-0.2, -0.15) is 0 Å². The molecule has 0 saturated heterocycles. The first kappa shape index (κ1) is 22.8. The molecular formula is C25H28N2O6. The van der Waals surface area contributed by atoms with Crippen LogP contribution in [0.1, 0.15) is 36.3 Å². The summed E-state index contributed by atoms with van der Waals surface area (Å²) >= 11 is 0. The van der Waals surface area contributed by atoms with Crippen LogP contribution in [0.15, 0.2) is 48.5 Å². The topological polar surface area (TPSA) is 114 Å². The monoisotopic (exact) mass is 452 g/mol. The quantitative estimate of drug-likeness (QED) is 0.539. The molecule has 2 aromatic carbocycles. The number of ether oxygens (including phenoxy) is 2. The molecule has 2 aromatic rings. The van der Waals surface area contributed by atoms with E-state index in [1.807, 2.05) is 48.5 Å². The van der Waals surface area contributed by atoms with Gasteiger partial charge in [0.05, 0.1) is 6.61 Å². The molecule has 4 rings (SSSR count). The molecule has 3 N–H and O–H groups in total. The maximum Gasteiger partial charge on any atom is 0.407 e. The SMILES string of the molecule is COCC(NC(=O)OCC1c2ccccc2-c2ccccc21)C(=O)NC(C(=O)O)C1CCC1. The smallest absolute Gasteiger partial charge is 0.407 e. The van der Waals surface area contributed by atoms with E-state index in [4.69, 9.17) is 9.47 Å². The summed E-state index contributed by atoms with van der Waals surface area (Å²) in [7, 11) is 1.40. The summed E-state index contributed by atoms with van der Waals surface area (Å²) in [6.07, 6.45) is 1.70. The Morgan fingerprint density at radius 3 is 2.12 bits per heavy atom. The minimum Gasteiger partial charge on any atom is -0.480 e. The minimum absolute atomic E-state index is 0.0934. The molecule has 1 saturated carbocycles. The zero-order valence-corrected chi connectivity index (χ0v) is 18.5. The number of hydrogen-bond donors (Lipinski definition) is 3. The van der Waals surface area contributed by atoms with Gasteiger partial charge in [-0.25, -0.2) is 9.59 Å². The lowest BCUT2D eigenvalue weighted by Crippen LogP contribution is -2.56. The Morgan fingerprint density at radius 1 is 1.00 bits per heavy atom. The molecule has 2 aliphatic carbocycles. The van der Waals surface area contributed by atoms with Gasteiger partial charge in [-0.3, -0.25) is 4.79 Å². The number of carbonyl (C=O) groups is 3. The molecule has 0 aromatic heterocycles. The van der Waals surface area contributed by atoms with Crippen LogP contribution in [0, 0.1) is 5.92 Å². The number of carboxylic acids is 1. The first-order valence-corrected chi connectivity index (χ1v) is 11.1. The van der Waals surface area contributed by atoms with Gasteiger partial charge in [0.2, 0.25) is 5.91 Å². The van der Waals surface area contributed by atoms with Crippen LogP contribution in [0.25, 0.3) is 11.1 Å². The van der Waals surface area contributed by atoms with E-state index in [2.05, 4.69) is 10.6 Å². The van der Waals surface area contributed by atoms with Crippen LogP contribution in [0.4, 0.5) is 4.79 Å². The molecule has 2 atom stereocenters. The molecule has 0 aliphatic heterocycles. The summed E-state index contributed by atoms with van der Waals surface area (Å²) in [6, 6.07) is 14.0. The van der Waals surface area contributed by atoms with Crippen LogP contribution in [0.3, 0.4) is 0 Å². The number of aliphatic carboxylic acids is 1.